The number of rotatable bonds is 8. The maximum atomic E-state index is 11.8. The molecule has 2 atom stereocenters. The first-order valence-electron chi connectivity index (χ1n) is 6.37. The minimum atomic E-state index is -0.389. The molecule has 0 spiro atoms. The van der Waals surface area contributed by atoms with Crippen molar-refractivity contribution in [3.05, 3.63) is 0 Å². The molecule has 0 aliphatic carbocycles. The fourth-order valence-corrected chi connectivity index (χ4v) is 1.45. The highest BCUT2D eigenvalue weighted by molar-refractivity contribution is 5.81. The third-order valence-corrected chi connectivity index (χ3v) is 2.89. The van der Waals surface area contributed by atoms with E-state index in [-0.39, 0.29) is 30.4 Å². The van der Waals surface area contributed by atoms with Gasteiger partial charge < -0.3 is 10.6 Å². The van der Waals surface area contributed by atoms with E-state index in [0.717, 1.165) is 6.42 Å². The van der Waals surface area contributed by atoms with Crippen molar-refractivity contribution >= 4 is 11.8 Å². The van der Waals surface area contributed by atoms with Crippen molar-refractivity contribution in [2.24, 2.45) is 0 Å². The van der Waals surface area contributed by atoms with Gasteiger partial charge in [-0.3, -0.25) is 14.8 Å². The lowest BCUT2D eigenvalue weighted by Gasteiger charge is -2.20. The van der Waals surface area contributed by atoms with E-state index in [4.69, 9.17) is 0 Å². The molecule has 6 nitrogen and oxygen atoms in total. The standard InChI is InChI=1S/C12H25N3O3/c1-5-9(2)14-12(17)11(13-4)7-6-8-15(18)10(3)16/h9,11,13,18H,5-8H2,1-4H3,(H,14,17)/t9?,11-/m0/s1. The fraction of sp³-hybridized carbons (Fsp3) is 0.833. The summed E-state index contributed by atoms with van der Waals surface area (Å²) in [7, 11) is 1.72. The van der Waals surface area contributed by atoms with Crippen LogP contribution in [0.15, 0.2) is 0 Å². The van der Waals surface area contributed by atoms with E-state index in [1.54, 1.807) is 7.05 Å². The van der Waals surface area contributed by atoms with Gasteiger partial charge in [-0.05, 0) is 33.2 Å². The lowest BCUT2D eigenvalue weighted by atomic mass is 10.1. The molecule has 0 aliphatic rings. The summed E-state index contributed by atoms with van der Waals surface area (Å²) in [6.07, 6.45) is 2.02. The zero-order valence-electron chi connectivity index (χ0n) is 11.7. The Morgan fingerprint density at radius 2 is 2.00 bits per heavy atom. The Morgan fingerprint density at radius 1 is 1.39 bits per heavy atom. The summed E-state index contributed by atoms with van der Waals surface area (Å²) in [5, 5.41) is 15.7. The molecule has 0 saturated carbocycles. The van der Waals surface area contributed by atoms with Crippen LogP contribution in [0.5, 0.6) is 0 Å². The van der Waals surface area contributed by atoms with E-state index in [2.05, 4.69) is 10.6 Å². The van der Waals surface area contributed by atoms with E-state index in [1.807, 2.05) is 13.8 Å². The first kappa shape index (κ1) is 16.9. The number of amides is 2. The molecule has 0 rings (SSSR count). The number of hydroxylamine groups is 2. The lowest BCUT2D eigenvalue weighted by Crippen LogP contribution is -2.46. The topological polar surface area (TPSA) is 81.7 Å². The molecule has 0 bridgehead atoms. The first-order chi connectivity index (χ1) is 8.42. The molecule has 18 heavy (non-hydrogen) atoms. The molecule has 0 aromatic carbocycles. The van der Waals surface area contributed by atoms with Gasteiger partial charge in [0.1, 0.15) is 0 Å². The number of hydrogen-bond acceptors (Lipinski definition) is 4. The van der Waals surface area contributed by atoms with Gasteiger partial charge in [0.05, 0.1) is 6.04 Å². The molecule has 6 heteroatoms. The highest BCUT2D eigenvalue weighted by atomic mass is 16.5. The molecule has 0 aromatic rings. The van der Waals surface area contributed by atoms with Crippen molar-refractivity contribution in [2.45, 2.75) is 52.1 Å². The zero-order valence-corrected chi connectivity index (χ0v) is 11.7. The van der Waals surface area contributed by atoms with Gasteiger partial charge in [-0.25, -0.2) is 5.06 Å². The summed E-state index contributed by atoms with van der Waals surface area (Å²) in [4.78, 5) is 22.6. The average molecular weight is 259 g/mol. The van der Waals surface area contributed by atoms with Gasteiger partial charge in [-0.15, -0.1) is 0 Å². The Labute approximate surface area is 109 Å². The Bertz CT molecular complexity index is 271. The molecule has 0 aliphatic heterocycles. The van der Waals surface area contributed by atoms with Crippen molar-refractivity contribution in [3.8, 4) is 0 Å². The first-order valence-corrected chi connectivity index (χ1v) is 6.37. The Morgan fingerprint density at radius 3 is 2.44 bits per heavy atom. The van der Waals surface area contributed by atoms with Crippen LogP contribution in [0.25, 0.3) is 0 Å². The van der Waals surface area contributed by atoms with Gasteiger partial charge in [0, 0.05) is 19.5 Å². The van der Waals surface area contributed by atoms with Gasteiger partial charge in [0.25, 0.3) is 0 Å². The van der Waals surface area contributed by atoms with Crippen LogP contribution in [0.3, 0.4) is 0 Å². The zero-order chi connectivity index (χ0) is 14.1. The molecule has 0 saturated heterocycles. The van der Waals surface area contributed by atoms with Gasteiger partial charge in [0.2, 0.25) is 11.8 Å². The van der Waals surface area contributed by atoms with Crippen molar-refractivity contribution in [3.63, 3.8) is 0 Å². The van der Waals surface area contributed by atoms with Gasteiger partial charge in [-0.1, -0.05) is 6.92 Å². The van der Waals surface area contributed by atoms with Crippen molar-refractivity contribution < 1.29 is 14.8 Å². The smallest absolute Gasteiger partial charge is 0.242 e. The number of hydrogen-bond donors (Lipinski definition) is 3. The molecule has 0 heterocycles. The largest absolute Gasteiger partial charge is 0.352 e. The monoisotopic (exact) mass is 259 g/mol. The second-order valence-electron chi connectivity index (χ2n) is 4.44. The second-order valence-corrected chi connectivity index (χ2v) is 4.44. The maximum Gasteiger partial charge on any atom is 0.242 e. The minimum absolute atomic E-state index is 0.0424. The van der Waals surface area contributed by atoms with Crippen LogP contribution in [0.4, 0.5) is 0 Å². The Balaban J connectivity index is 4.03. The van der Waals surface area contributed by atoms with Crippen LogP contribution in [0, 0.1) is 0 Å². The fourth-order valence-electron chi connectivity index (χ4n) is 1.45. The average Bonchev–Trinajstić information content (AvgIpc) is 2.33. The Kier molecular flexibility index (Phi) is 8.32. The number of carbonyl (C=O) groups excluding carboxylic acids is 2. The number of nitrogens with zero attached hydrogens (tertiary/aromatic N) is 1. The molecular weight excluding hydrogens is 234 g/mol. The molecule has 3 N–H and O–H groups in total. The summed E-state index contributed by atoms with van der Waals surface area (Å²) in [5.41, 5.74) is 0. The van der Waals surface area contributed by atoms with Crippen LogP contribution in [-0.2, 0) is 9.59 Å². The molecule has 1 unspecified atom stereocenters. The maximum absolute atomic E-state index is 11.8. The highest BCUT2D eigenvalue weighted by Crippen LogP contribution is 2.00. The molecule has 0 fully saturated rings. The minimum Gasteiger partial charge on any atom is -0.352 e. The number of carbonyl (C=O) groups is 2. The second kappa shape index (κ2) is 8.88. The van der Waals surface area contributed by atoms with E-state index in [9.17, 15) is 14.8 Å². The predicted octanol–water partition coefficient (Wildman–Crippen LogP) is 0.507. The SMILES string of the molecule is CCC(C)NC(=O)[C@H](CCCN(O)C(C)=O)NC. The summed E-state index contributed by atoms with van der Waals surface area (Å²) in [6, 6.07) is -0.140. The molecule has 2 amide bonds. The third kappa shape index (κ3) is 6.56. The molecule has 0 aromatic heterocycles. The van der Waals surface area contributed by atoms with Crippen LogP contribution < -0.4 is 10.6 Å². The Hall–Kier alpha value is -1.14. The van der Waals surface area contributed by atoms with Crippen LogP contribution in [0.2, 0.25) is 0 Å². The van der Waals surface area contributed by atoms with E-state index in [0.29, 0.717) is 17.9 Å². The quantitative estimate of drug-likeness (QED) is 0.438. The van der Waals surface area contributed by atoms with E-state index < -0.39 is 0 Å². The summed E-state index contributed by atoms with van der Waals surface area (Å²) in [5.74, 6) is -0.431. The predicted molar refractivity (Wildman–Crippen MR) is 69.2 cm³/mol. The van der Waals surface area contributed by atoms with Gasteiger partial charge >= 0.3 is 0 Å². The van der Waals surface area contributed by atoms with Crippen LogP contribution >= 0.6 is 0 Å². The van der Waals surface area contributed by atoms with Crippen molar-refractivity contribution in [1.82, 2.24) is 15.7 Å². The molecule has 106 valence electrons. The van der Waals surface area contributed by atoms with E-state index >= 15 is 0 Å². The highest BCUT2D eigenvalue weighted by Gasteiger charge is 2.17. The van der Waals surface area contributed by atoms with Crippen LogP contribution in [0.1, 0.15) is 40.0 Å². The number of nitrogens with one attached hydrogen (secondary N) is 2. The normalized spacial score (nSPS) is 13.8. The van der Waals surface area contributed by atoms with E-state index in [1.165, 1.54) is 6.92 Å². The third-order valence-electron chi connectivity index (χ3n) is 2.89. The molecule has 0 radical (unpaired) electrons. The van der Waals surface area contributed by atoms with Crippen molar-refractivity contribution in [1.29, 1.82) is 0 Å². The van der Waals surface area contributed by atoms with Gasteiger partial charge in [-0.2, -0.15) is 0 Å². The van der Waals surface area contributed by atoms with Gasteiger partial charge in [0.15, 0.2) is 0 Å². The number of likely N-dealkylation sites (N-methyl/N-ethyl adjacent to an activating group) is 1. The van der Waals surface area contributed by atoms with Crippen LogP contribution in [-0.4, -0.2) is 47.8 Å². The summed E-state index contributed by atoms with van der Waals surface area (Å²) >= 11 is 0. The lowest BCUT2D eigenvalue weighted by molar-refractivity contribution is -0.162. The van der Waals surface area contributed by atoms with Crippen molar-refractivity contribution in [2.75, 3.05) is 13.6 Å². The summed E-state index contributed by atoms with van der Waals surface area (Å²) in [6.45, 7) is 5.50. The summed E-state index contributed by atoms with van der Waals surface area (Å²) < 4.78 is 0. The molecular formula is C12H25N3O3.